The van der Waals surface area contributed by atoms with Crippen molar-refractivity contribution in [3.63, 3.8) is 0 Å². The lowest BCUT2D eigenvalue weighted by atomic mass is 10.1. The number of oxazole rings is 1. The van der Waals surface area contributed by atoms with Crippen molar-refractivity contribution in [3.05, 3.63) is 99.2 Å². The Morgan fingerprint density at radius 1 is 0.938 bits per heavy atom. The highest BCUT2D eigenvalue weighted by atomic mass is 79.9. The Balaban J connectivity index is 1.37. The van der Waals surface area contributed by atoms with E-state index in [2.05, 4.69) is 25.9 Å². The van der Waals surface area contributed by atoms with E-state index in [-0.39, 0.29) is 5.69 Å². The van der Waals surface area contributed by atoms with Gasteiger partial charge in [-0.2, -0.15) is 0 Å². The maximum Gasteiger partial charge on any atom is 0.270 e. The summed E-state index contributed by atoms with van der Waals surface area (Å²) in [6, 6.07) is 23.1. The van der Waals surface area contributed by atoms with Gasteiger partial charge >= 0.3 is 0 Å². The fraction of sp³-hybridized carbons (Fsp3) is 0. The fourth-order valence-corrected chi connectivity index (χ4v) is 3.46. The first-order valence-electron chi connectivity index (χ1n) is 9.60. The van der Waals surface area contributed by atoms with Gasteiger partial charge in [0.2, 0.25) is 5.89 Å². The molecule has 0 aliphatic heterocycles. The number of nitro benzene ring substituents is 1. The third-order valence-corrected chi connectivity index (χ3v) is 5.30. The minimum absolute atomic E-state index is 0.0116. The Morgan fingerprint density at radius 2 is 1.78 bits per heavy atom. The number of furan rings is 1. The summed E-state index contributed by atoms with van der Waals surface area (Å²) in [5.41, 5.74) is 3.60. The van der Waals surface area contributed by atoms with Crippen LogP contribution in [0.25, 0.3) is 33.9 Å². The molecule has 2 aromatic heterocycles. The van der Waals surface area contributed by atoms with Gasteiger partial charge in [0.15, 0.2) is 5.58 Å². The summed E-state index contributed by atoms with van der Waals surface area (Å²) < 4.78 is 12.6. The summed E-state index contributed by atoms with van der Waals surface area (Å²) in [6.07, 6.45) is 1.59. The lowest BCUT2D eigenvalue weighted by molar-refractivity contribution is -0.384. The van der Waals surface area contributed by atoms with E-state index in [1.165, 1.54) is 12.1 Å². The molecule has 0 saturated carbocycles. The van der Waals surface area contributed by atoms with Crippen molar-refractivity contribution in [2.75, 3.05) is 0 Å². The topological polar surface area (TPSA) is 94.7 Å². The van der Waals surface area contributed by atoms with E-state index in [0.29, 0.717) is 39.8 Å². The van der Waals surface area contributed by atoms with Crippen LogP contribution in [0.2, 0.25) is 0 Å². The van der Waals surface area contributed by atoms with E-state index in [9.17, 15) is 10.1 Å². The molecule has 8 heteroatoms. The molecule has 5 aromatic rings. The van der Waals surface area contributed by atoms with Crippen LogP contribution in [-0.4, -0.2) is 16.1 Å². The molecule has 0 unspecified atom stereocenters. The van der Waals surface area contributed by atoms with Crippen LogP contribution in [0, 0.1) is 10.1 Å². The van der Waals surface area contributed by atoms with Crippen molar-refractivity contribution in [1.29, 1.82) is 0 Å². The normalized spacial score (nSPS) is 11.4. The van der Waals surface area contributed by atoms with Gasteiger partial charge in [0.1, 0.15) is 17.0 Å². The van der Waals surface area contributed by atoms with Crippen LogP contribution >= 0.6 is 15.9 Å². The van der Waals surface area contributed by atoms with Crippen molar-refractivity contribution in [3.8, 4) is 22.8 Å². The summed E-state index contributed by atoms with van der Waals surface area (Å²) >= 11 is 3.42. The number of benzene rings is 3. The molecule has 0 radical (unpaired) electrons. The highest BCUT2D eigenvalue weighted by Crippen LogP contribution is 2.29. The van der Waals surface area contributed by atoms with Gasteiger partial charge in [-0.25, -0.2) is 4.98 Å². The Labute approximate surface area is 190 Å². The molecule has 0 bridgehead atoms. The SMILES string of the molecule is O=[N+]([O-])c1cccc(-c2ccc(C=Nc3ccc4oc(-c5ccc(Br)cc5)nc4c3)o2)c1. The van der Waals surface area contributed by atoms with Gasteiger partial charge in [0.05, 0.1) is 16.8 Å². The van der Waals surface area contributed by atoms with E-state index in [4.69, 9.17) is 8.83 Å². The molecule has 0 aliphatic rings. The van der Waals surface area contributed by atoms with Crippen LogP contribution in [-0.2, 0) is 0 Å². The van der Waals surface area contributed by atoms with Crippen LogP contribution in [0.3, 0.4) is 0 Å². The van der Waals surface area contributed by atoms with Gasteiger partial charge in [-0.3, -0.25) is 15.1 Å². The number of hydrogen-bond acceptors (Lipinski definition) is 6. The predicted molar refractivity (Wildman–Crippen MR) is 125 cm³/mol. The second-order valence-corrected chi connectivity index (χ2v) is 7.86. The number of fused-ring (bicyclic) bond motifs is 1. The van der Waals surface area contributed by atoms with Crippen molar-refractivity contribution in [2.24, 2.45) is 4.99 Å². The van der Waals surface area contributed by atoms with E-state index in [0.717, 1.165) is 10.0 Å². The highest BCUT2D eigenvalue weighted by Gasteiger charge is 2.11. The van der Waals surface area contributed by atoms with Gasteiger partial charge in [-0.15, -0.1) is 0 Å². The molecule has 3 aromatic carbocycles. The van der Waals surface area contributed by atoms with Crippen LogP contribution in [0.1, 0.15) is 5.76 Å². The van der Waals surface area contributed by atoms with Gasteiger partial charge in [-0.1, -0.05) is 28.1 Å². The van der Waals surface area contributed by atoms with E-state index in [1.807, 2.05) is 42.5 Å². The van der Waals surface area contributed by atoms with E-state index < -0.39 is 4.92 Å². The minimum atomic E-state index is -0.434. The molecule has 0 N–H and O–H groups in total. The first-order valence-corrected chi connectivity index (χ1v) is 10.4. The first-order chi connectivity index (χ1) is 15.5. The zero-order valence-electron chi connectivity index (χ0n) is 16.4. The summed E-state index contributed by atoms with van der Waals surface area (Å²) in [7, 11) is 0. The second-order valence-electron chi connectivity index (χ2n) is 6.95. The molecule has 0 amide bonds. The molecular formula is C24H14BrN3O4. The van der Waals surface area contributed by atoms with Gasteiger partial charge in [0.25, 0.3) is 5.69 Å². The number of aromatic nitrogens is 1. The largest absolute Gasteiger partial charge is 0.455 e. The molecule has 0 atom stereocenters. The number of halogens is 1. The lowest BCUT2D eigenvalue weighted by Gasteiger charge is -1.97. The zero-order valence-corrected chi connectivity index (χ0v) is 18.0. The average molecular weight is 488 g/mol. The summed E-state index contributed by atoms with van der Waals surface area (Å²) in [5, 5.41) is 11.0. The number of rotatable bonds is 5. The van der Waals surface area contributed by atoms with Crippen LogP contribution in [0.15, 0.2) is 97.2 Å². The monoisotopic (exact) mass is 487 g/mol. The third-order valence-electron chi connectivity index (χ3n) is 4.77. The number of non-ortho nitro benzene ring substituents is 1. The maximum absolute atomic E-state index is 11.0. The Hall–Kier alpha value is -4.04. The number of nitrogens with zero attached hydrogens (tertiary/aromatic N) is 3. The molecule has 5 rings (SSSR count). The van der Waals surface area contributed by atoms with Crippen molar-refractivity contribution in [2.45, 2.75) is 0 Å². The Kier molecular flexibility index (Phi) is 5.12. The predicted octanol–water partition coefficient (Wildman–Crippen LogP) is 7.18. The number of aliphatic imine (C=N–C) groups is 1. The lowest BCUT2D eigenvalue weighted by Crippen LogP contribution is -1.87. The second kappa shape index (κ2) is 8.24. The zero-order chi connectivity index (χ0) is 22.1. The molecule has 32 heavy (non-hydrogen) atoms. The van der Waals surface area contributed by atoms with Crippen LogP contribution in [0.5, 0.6) is 0 Å². The molecule has 156 valence electrons. The van der Waals surface area contributed by atoms with Gasteiger partial charge in [0, 0.05) is 27.7 Å². The molecule has 0 fully saturated rings. The standard InChI is InChI=1S/C24H14BrN3O4/c25-17-6-4-15(5-7-17)24-27-21-13-18(8-10-23(21)32-24)26-14-20-9-11-22(31-20)16-2-1-3-19(12-16)28(29)30/h1-14H. The quantitative estimate of drug-likeness (QED) is 0.148. The fourth-order valence-electron chi connectivity index (χ4n) is 3.20. The van der Waals surface area contributed by atoms with Crippen molar-refractivity contribution in [1.82, 2.24) is 4.98 Å². The molecule has 7 nitrogen and oxygen atoms in total. The molecule has 0 saturated heterocycles. The van der Waals surface area contributed by atoms with Crippen LogP contribution < -0.4 is 0 Å². The smallest absolute Gasteiger partial charge is 0.270 e. The molecule has 2 heterocycles. The average Bonchev–Trinajstić information content (AvgIpc) is 3.45. The summed E-state index contributed by atoms with van der Waals surface area (Å²) in [4.78, 5) is 19.6. The van der Waals surface area contributed by atoms with E-state index >= 15 is 0 Å². The number of hydrogen-bond donors (Lipinski definition) is 0. The highest BCUT2D eigenvalue weighted by molar-refractivity contribution is 9.10. The third kappa shape index (κ3) is 4.08. The molecule has 0 aliphatic carbocycles. The van der Waals surface area contributed by atoms with Gasteiger partial charge in [-0.05, 0) is 54.6 Å². The van der Waals surface area contributed by atoms with Crippen molar-refractivity contribution < 1.29 is 13.8 Å². The number of nitro groups is 1. The Morgan fingerprint density at radius 3 is 2.59 bits per heavy atom. The molecule has 0 spiro atoms. The van der Waals surface area contributed by atoms with Gasteiger partial charge < -0.3 is 8.83 Å². The maximum atomic E-state index is 11.0. The van der Waals surface area contributed by atoms with E-state index in [1.54, 1.807) is 30.5 Å². The first kappa shape index (κ1) is 19.9. The van der Waals surface area contributed by atoms with Crippen LogP contribution in [0.4, 0.5) is 11.4 Å². The van der Waals surface area contributed by atoms with Crippen molar-refractivity contribution >= 4 is 44.6 Å². The Bertz CT molecular complexity index is 1470. The minimum Gasteiger partial charge on any atom is -0.455 e. The molecular weight excluding hydrogens is 474 g/mol. The summed E-state index contributed by atoms with van der Waals surface area (Å²) in [5.74, 6) is 1.60. The summed E-state index contributed by atoms with van der Waals surface area (Å²) in [6.45, 7) is 0.